The van der Waals surface area contributed by atoms with E-state index in [4.69, 9.17) is 13.5 Å². The zero-order valence-electron chi connectivity index (χ0n) is 25.4. The Kier molecular flexibility index (Phi) is 15.8. The lowest BCUT2D eigenvalue weighted by atomic mass is 10.1. The third-order valence-corrected chi connectivity index (χ3v) is 13.4. The van der Waals surface area contributed by atoms with Crippen molar-refractivity contribution in [1.82, 2.24) is 5.32 Å². The predicted molar refractivity (Wildman–Crippen MR) is 163 cm³/mol. The lowest BCUT2D eigenvalue weighted by molar-refractivity contribution is -0.120. The Balaban J connectivity index is 2.92. The molecule has 0 heterocycles. The van der Waals surface area contributed by atoms with Crippen LogP contribution in [-0.4, -0.2) is 33.6 Å². The average molecular weight is 568 g/mol. The van der Waals surface area contributed by atoms with Crippen LogP contribution < -0.4 is 9.74 Å². The van der Waals surface area contributed by atoms with Gasteiger partial charge in [-0.3, -0.25) is 9.36 Å². The van der Waals surface area contributed by atoms with Gasteiger partial charge in [0.25, 0.3) is 0 Å². The average Bonchev–Trinajstić information content (AvgIpc) is 2.83. The monoisotopic (exact) mass is 567 g/mol. The number of amides is 1. The lowest BCUT2D eigenvalue weighted by Crippen LogP contribution is -2.43. The number of carbonyl (C=O) groups excluding carboxylic acids is 1. The van der Waals surface area contributed by atoms with Crippen molar-refractivity contribution in [2.75, 3.05) is 19.4 Å². The van der Waals surface area contributed by atoms with Crippen molar-refractivity contribution >= 4 is 27.9 Å². The molecule has 0 aliphatic heterocycles. The normalized spacial score (nSPS) is 13.0. The molecule has 0 aliphatic rings. The van der Waals surface area contributed by atoms with Crippen LogP contribution in [0, 0.1) is 0 Å². The highest BCUT2D eigenvalue weighted by Crippen LogP contribution is 2.49. The van der Waals surface area contributed by atoms with E-state index in [1.165, 1.54) is 32.1 Å². The van der Waals surface area contributed by atoms with Gasteiger partial charge in [0.05, 0.1) is 19.4 Å². The van der Waals surface area contributed by atoms with Gasteiger partial charge in [0, 0.05) is 12.1 Å². The summed E-state index contributed by atoms with van der Waals surface area (Å²) in [5, 5.41) is 3.19. The van der Waals surface area contributed by atoms with Gasteiger partial charge >= 0.3 is 7.60 Å². The largest absolute Gasteiger partial charge is 0.544 e. The van der Waals surface area contributed by atoms with Gasteiger partial charge in [-0.05, 0) is 68.6 Å². The molecule has 38 heavy (non-hydrogen) atoms. The zero-order chi connectivity index (χ0) is 28.7. The smallest absolute Gasteiger partial charge is 0.331 e. The molecule has 8 heteroatoms. The maximum atomic E-state index is 13.0. The molecule has 1 amide bonds. The molecule has 1 rings (SSSR count). The van der Waals surface area contributed by atoms with Crippen LogP contribution in [-0.2, 0) is 18.4 Å². The highest BCUT2D eigenvalue weighted by Gasteiger charge is 2.38. The second-order valence-electron chi connectivity index (χ2n) is 11.4. The number of benzene rings is 1. The van der Waals surface area contributed by atoms with Crippen LogP contribution in [0.15, 0.2) is 30.0 Å². The summed E-state index contributed by atoms with van der Waals surface area (Å²) < 4.78 is 30.4. The van der Waals surface area contributed by atoms with Crippen LogP contribution in [0.5, 0.6) is 5.75 Å². The van der Waals surface area contributed by atoms with Crippen LogP contribution >= 0.6 is 7.60 Å². The number of nitrogens with one attached hydrogen (secondary N) is 1. The van der Waals surface area contributed by atoms with Gasteiger partial charge in [0.15, 0.2) is 0 Å². The van der Waals surface area contributed by atoms with Crippen LogP contribution in [0.4, 0.5) is 0 Å². The summed E-state index contributed by atoms with van der Waals surface area (Å²) in [6.45, 7) is 17.6. The van der Waals surface area contributed by atoms with Crippen LogP contribution in [0.3, 0.4) is 0 Å². The molecule has 1 aromatic carbocycles. The molecular formula is C30H54NO5PSi. The molecule has 0 saturated heterocycles. The highest BCUT2D eigenvalue weighted by atomic mass is 31.2. The third kappa shape index (κ3) is 13.6. The second-order valence-corrected chi connectivity index (χ2v) is 18.4. The number of rotatable bonds is 19. The molecule has 6 nitrogen and oxygen atoms in total. The van der Waals surface area contributed by atoms with E-state index >= 15 is 0 Å². The minimum Gasteiger partial charge on any atom is -0.544 e. The number of carbonyl (C=O) groups is 1. The summed E-state index contributed by atoms with van der Waals surface area (Å²) in [5.74, 6) is 0.848. The SMILES string of the molecule is CCCCCCCCCC(=O)N/C(=C/c1ccc(O[Si](C)(C)C(C)(C)C)cc1)CCP(=O)(OCC)OCC. The van der Waals surface area contributed by atoms with E-state index < -0.39 is 15.9 Å². The summed E-state index contributed by atoms with van der Waals surface area (Å²) in [6.07, 6.45) is 11.2. The van der Waals surface area contributed by atoms with Gasteiger partial charge < -0.3 is 18.8 Å². The Bertz CT molecular complexity index is 883. The van der Waals surface area contributed by atoms with Gasteiger partial charge in [-0.2, -0.15) is 0 Å². The number of hydrogen-bond donors (Lipinski definition) is 1. The Morgan fingerprint density at radius 3 is 1.97 bits per heavy atom. The maximum Gasteiger partial charge on any atom is 0.331 e. The summed E-state index contributed by atoms with van der Waals surface area (Å²) >= 11 is 0. The molecule has 1 N–H and O–H groups in total. The van der Waals surface area contributed by atoms with E-state index in [-0.39, 0.29) is 17.1 Å². The molecule has 0 atom stereocenters. The van der Waals surface area contributed by atoms with Crippen molar-refractivity contribution < 1.29 is 22.8 Å². The molecule has 0 aliphatic carbocycles. The predicted octanol–water partition coefficient (Wildman–Crippen LogP) is 9.32. The topological polar surface area (TPSA) is 73.9 Å². The highest BCUT2D eigenvalue weighted by molar-refractivity contribution is 7.53. The fraction of sp³-hybridized carbons (Fsp3) is 0.700. The molecule has 0 radical (unpaired) electrons. The summed E-state index contributed by atoms with van der Waals surface area (Å²) in [5.41, 5.74) is 1.66. The zero-order valence-corrected chi connectivity index (χ0v) is 27.3. The fourth-order valence-electron chi connectivity index (χ4n) is 3.75. The Morgan fingerprint density at radius 2 is 1.45 bits per heavy atom. The molecule has 0 saturated carbocycles. The molecular weight excluding hydrogens is 513 g/mol. The Hall–Kier alpha value is -1.40. The fourth-order valence-corrected chi connectivity index (χ4v) is 6.42. The van der Waals surface area contributed by atoms with Crippen molar-refractivity contribution in [3.8, 4) is 5.75 Å². The lowest BCUT2D eigenvalue weighted by Gasteiger charge is -2.36. The minimum atomic E-state index is -3.22. The Morgan fingerprint density at radius 1 is 0.895 bits per heavy atom. The molecule has 1 aromatic rings. The van der Waals surface area contributed by atoms with Crippen molar-refractivity contribution in [3.05, 3.63) is 35.5 Å². The molecule has 0 unspecified atom stereocenters. The van der Waals surface area contributed by atoms with Crippen molar-refractivity contribution in [2.24, 2.45) is 0 Å². The first-order chi connectivity index (χ1) is 17.9. The van der Waals surface area contributed by atoms with Gasteiger partial charge in [-0.1, -0.05) is 78.4 Å². The van der Waals surface area contributed by atoms with E-state index in [2.05, 4.69) is 46.1 Å². The van der Waals surface area contributed by atoms with E-state index in [1.807, 2.05) is 30.3 Å². The summed E-state index contributed by atoms with van der Waals surface area (Å²) in [6, 6.07) is 7.95. The van der Waals surface area contributed by atoms with Gasteiger partial charge in [-0.15, -0.1) is 0 Å². The quantitative estimate of drug-likeness (QED) is 0.102. The summed E-state index contributed by atoms with van der Waals surface area (Å²) in [4.78, 5) is 12.8. The first kappa shape index (κ1) is 34.6. The first-order valence-corrected chi connectivity index (χ1v) is 19.2. The molecule has 0 aromatic heterocycles. The molecule has 218 valence electrons. The summed E-state index contributed by atoms with van der Waals surface area (Å²) in [7, 11) is -5.14. The van der Waals surface area contributed by atoms with E-state index in [0.29, 0.717) is 26.1 Å². The second kappa shape index (κ2) is 17.3. The minimum absolute atomic E-state index is 0.00894. The van der Waals surface area contributed by atoms with Crippen molar-refractivity contribution in [3.63, 3.8) is 0 Å². The van der Waals surface area contributed by atoms with Crippen LogP contribution in [0.2, 0.25) is 18.1 Å². The van der Waals surface area contributed by atoms with E-state index in [9.17, 15) is 9.36 Å². The molecule has 0 bridgehead atoms. The molecule has 0 spiro atoms. The standard InChI is InChI=1S/C30H54NO5PSi/c1-9-12-13-14-15-16-17-18-29(32)31-27(23-24-37(33,34-10-2)35-11-3)25-26-19-21-28(22-20-26)36-38(7,8)30(4,5)6/h19-22,25H,9-18,23-24H2,1-8H3,(H,31,32)/b27-25+. The van der Waals surface area contributed by atoms with Crippen molar-refractivity contribution in [2.45, 2.75) is 117 Å². The number of hydrogen-bond acceptors (Lipinski definition) is 5. The van der Waals surface area contributed by atoms with E-state index in [0.717, 1.165) is 29.9 Å². The Labute approximate surface area is 234 Å². The van der Waals surface area contributed by atoms with Crippen LogP contribution in [0.1, 0.15) is 105 Å². The van der Waals surface area contributed by atoms with E-state index in [1.54, 1.807) is 13.8 Å². The van der Waals surface area contributed by atoms with Crippen LogP contribution in [0.25, 0.3) is 6.08 Å². The van der Waals surface area contributed by atoms with Gasteiger partial charge in [0.1, 0.15) is 5.75 Å². The first-order valence-electron chi connectivity index (χ1n) is 14.5. The number of allylic oxidation sites excluding steroid dienone is 1. The number of unbranched alkanes of at least 4 members (excludes halogenated alkanes) is 6. The maximum absolute atomic E-state index is 13.0. The van der Waals surface area contributed by atoms with Gasteiger partial charge in [-0.25, -0.2) is 0 Å². The third-order valence-electron chi connectivity index (χ3n) is 7.01. The van der Waals surface area contributed by atoms with Crippen molar-refractivity contribution in [1.29, 1.82) is 0 Å². The van der Waals surface area contributed by atoms with Gasteiger partial charge in [0.2, 0.25) is 14.2 Å². The molecule has 0 fully saturated rings.